The molecule has 1 aromatic carbocycles. The molecular formula is C25H42O4. The highest BCUT2D eigenvalue weighted by Gasteiger charge is 2.13. The van der Waals surface area contributed by atoms with Gasteiger partial charge >= 0.3 is 5.97 Å². The van der Waals surface area contributed by atoms with Gasteiger partial charge < -0.3 is 14.9 Å². The first-order valence-electron chi connectivity index (χ1n) is 11.7. The molecule has 0 aliphatic heterocycles. The zero-order chi connectivity index (χ0) is 21.2. The molecule has 2 N–H and O–H groups in total. The molecule has 29 heavy (non-hydrogen) atoms. The fraction of sp³-hybridized carbons (Fsp3) is 0.720. The Labute approximate surface area is 177 Å². The van der Waals surface area contributed by atoms with Crippen LogP contribution in [0.2, 0.25) is 0 Å². The second-order valence-corrected chi connectivity index (χ2v) is 8.22. The summed E-state index contributed by atoms with van der Waals surface area (Å²) in [5, 5.41) is 18.5. The summed E-state index contributed by atoms with van der Waals surface area (Å²) in [4.78, 5) is 10.7. The van der Waals surface area contributed by atoms with Gasteiger partial charge in [0.25, 0.3) is 0 Å². The van der Waals surface area contributed by atoms with E-state index in [1.807, 2.05) is 18.2 Å². The Balaban J connectivity index is 2.25. The second-order valence-electron chi connectivity index (χ2n) is 8.22. The number of aliphatic hydroxyl groups is 1. The molecule has 0 bridgehead atoms. The van der Waals surface area contributed by atoms with Crippen molar-refractivity contribution < 1.29 is 19.7 Å². The van der Waals surface area contributed by atoms with Gasteiger partial charge in [-0.15, -0.1) is 0 Å². The zero-order valence-corrected chi connectivity index (χ0v) is 18.4. The lowest BCUT2D eigenvalue weighted by Gasteiger charge is -2.19. The average molecular weight is 407 g/mol. The lowest BCUT2D eigenvalue weighted by molar-refractivity contribution is -0.139. The van der Waals surface area contributed by atoms with Gasteiger partial charge in [-0.2, -0.15) is 0 Å². The van der Waals surface area contributed by atoms with Crippen molar-refractivity contribution in [3.05, 3.63) is 35.9 Å². The van der Waals surface area contributed by atoms with E-state index in [2.05, 4.69) is 19.1 Å². The summed E-state index contributed by atoms with van der Waals surface area (Å²) in [5.41, 5.74) is 1.18. The summed E-state index contributed by atoms with van der Waals surface area (Å²) in [6, 6.07) is 10.2. The molecule has 1 rings (SSSR count). The minimum Gasteiger partial charge on any atom is -0.481 e. The minimum atomic E-state index is -0.941. The molecule has 0 aliphatic carbocycles. The molecule has 0 spiro atoms. The molecule has 0 fully saturated rings. The zero-order valence-electron chi connectivity index (χ0n) is 18.4. The van der Waals surface area contributed by atoms with E-state index in [1.54, 1.807) is 0 Å². The van der Waals surface area contributed by atoms with Crippen LogP contribution < -0.4 is 0 Å². The van der Waals surface area contributed by atoms with Crippen LogP contribution in [0.3, 0.4) is 0 Å². The van der Waals surface area contributed by atoms with Gasteiger partial charge in [0.05, 0.1) is 25.2 Å². The molecular weight excluding hydrogens is 364 g/mol. The molecule has 1 aromatic rings. The van der Waals surface area contributed by atoms with Gasteiger partial charge in [0, 0.05) is 0 Å². The summed E-state index contributed by atoms with van der Waals surface area (Å²) in [6.45, 7) is 2.86. The van der Waals surface area contributed by atoms with E-state index in [9.17, 15) is 9.90 Å². The van der Waals surface area contributed by atoms with E-state index in [1.165, 1.54) is 63.4 Å². The first-order chi connectivity index (χ1) is 14.1. The highest BCUT2D eigenvalue weighted by molar-refractivity contribution is 5.67. The molecule has 0 radical (unpaired) electrons. The van der Waals surface area contributed by atoms with Gasteiger partial charge in [-0.05, 0) is 31.2 Å². The monoisotopic (exact) mass is 406 g/mol. The topological polar surface area (TPSA) is 66.8 Å². The van der Waals surface area contributed by atoms with Crippen molar-refractivity contribution in [1.29, 1.82) is 0 Å². The Kier molecular flexibility index (Phi) is 15.4. The maximum atomic E-state index is 10.7. The van der Waals surface area contributed by atoms with E-state index >= 15 is 0 Å². The minimum absolute atomic E-state index is 0.173. The predicted molar refractivity (Wildman–Crippen MR) is 119 cm³/mol. The third kappa shape index (κ3) is 15.2. The van der Waals surface area contributed by atoms with Gasteiger partial charge in [-0.3, -0.25) is 4.79 Å². The predicted octanol–water partition coefficient (Wildman–Crippen LogP) is 6.50. The SMILES string of the molecule is CCCCCCCCCCCC(CCCC(O)CC(=O)O)OCc1ccccc1. The lowest BCUT2D eigenvalue weighted by Crippen LogP contribution is -2.16. The highest BCUT2D eigenvalue weighted by Crippen LogP contribution is 2.18. The lowest BCUT2D eigenvalue weighted by atomic mass is 10.0. The maximum Gasteiger partial charge on any atom is 0.305 e. The fourth-order valence-electron chi connectivity index (χ4n) is 3.67. The van der Waals surface area contributed by atoms with E-state index < -0.39 is 12.1 Å². The number of benzene rings is 1. The van der Waals surface area contributed by atoms with Crippen LogP contribution in [0.5, 0.6) is 0 Å². The Morgan fingerprint density at radius 3 is 2.07 bits per heavy atom. The third-order valence-electron chi connectivity index (χ3n) is 5.43. The fourth-order valence-corrected chi connectivity index (χ4v) is 3.67. The largest absolute Gasteiger partial charge is 0.481 e. The van der Waals surface area contributed by atoms with Crippen LogP contribution >= 0.6 is 0 Å². The molecule has 0 aliphatic rings. The molecule has 0 saturated heterocycles. The molecule has 0 saturated carbocycles. The number of aliphatic hydroxyl groups excluding tert-OH is 1. The first kappa shape index (κ1) is 25.6. The number of aliphatic carboxylic acids is 1. The molecule has 0 heterocycles. The Bertz CT molecular complexity index is 503. The van der Waals surface area contributed by atoms with Crippen molar-refractivity contribution in [1.82, 2.24) is 0 Å². The molecule has 166 valence electrons. The van der Waals surface area contributed by atoms with Crippen molar-refractivity contribution in [2.24, 2.45) is 0 Å². The van der Waals surface area contributed by atoms with Gasteiger partial charge in [-0.25, -0.2) is 0 Å². The number of rotatable bonds is 19. The molecule has 4 heteroatoms. The number of carbonyl (C=O) groups is 1. The van der Waals surface area contributed by atoms with Crippen LogP contribution in [-0.2, 0) is 16.1 Å². The average Bonchev–Trinajstić information content (AvgIpc) is 2.70. The number of hydrogen-bond donors (Lipinski definition) is 2. The molecule has 2 unspecified atom stereocenters. The third-order valence-corrected chi connectivity index (χ3v) is 5.43. The number of hydrogen-bond acceptors (Lipinski definition) is 3. The number of carboxylic acid groups (broad SMARTS) is 1. The van der Waals surface area contributed by atoms with Gasteiger partial charge in [-0.1, -0.05) is 95.0 Å². The van der Waals surface area contributed by atoms with Crippen LogP contribution in [0.25, 0.3) is 0 Å². The van der Waals surface area contributed by atoms with E-state index in [4.69, 9.17) is 9.84 Å². The molecule has 0 amide bonds. The normalized spacial score (nSPS) is 13.3. The first-order valence-corrected chi connectivity index (χ1v) is 11.7. The van der Waals surface area contributed by atoms with E-state index in [-0.39, 0.29) is 12.5 Å². The summed E-state index contributed by atoms with van der Waals surface area (Å²) in [6.07, 6.45) is 14.3. The standard InChI is InChI=1S/C25H42O4/c1-2-3-4-5-6-7-8-9-13-18-24(19-14-17-23(26)20-25(27)28)29-21-22-15-11-10-12-16-22/h10-12,15-16,23-24,26H,2-9,13-14,17-21H2,1H3,(H,27,28). The number of ether oxygens (including phenoxy) is 1. The summed E-state index contributed by atoms with van der Waals surface area (Å²) in [7, 11) is 0. The summed E-state index contributed by atoms with van der Waals surface area (Å²) in [5.74, 6) is -0.941. The molecule has 2 atom stereocenters. The second kappa shape index (κ2) is 17.5. The summed E-state index contributed by atoms with van der Waals surface area (Å²) >= 11 is 0. The van der Waals surface area contributed by atoms with Crippen molar-refractivity contribution in [2.75, 3.05) is 0 Å². The van der Waals surface area contributed by atoms with Crippen LogP contribution in [-0.4, -0.2) is 28.4 Å². The van der Waals surface area contributed by atoms with Crippen LogP contribution in [0.15, 0.2) is 30.3 Å². The van der Waals surface area contributed by atoms with Gasteiger partial charge in [0.1, 0.15) is 0 Å². The Morgan fingerprint density at radius 2 is 1.45 bits per heavy atom. The summed E-state index contributed by atoms with van der Waals surface area (Å²) < 4.78 is 6.17. The van der Waals surface area contributed by atoms with E-state index in [0.29, 0.717) is 13.0 Å². The molecule has 0 aromatic heterocycles. The smallest absolute Gasteiger partial charge is 0.305 e. The quantitative estimate of drug-likeness (QED) is 0.257. The Morgan fingerprint density at radius 1 is 0.862 bits per heavy atom. The number of carboxylic acids is 1. The van der Waals surface area contributed by atoms with E-state index in [0.717, 1.165) is 19.3 Å². The van der Waals surface area contributed by atoms with Crippen molar-refractivity contribution in [3.8, 4) is 0 Å². The van der Waals surface area contributed by atoms with Crippen LogP contribution in [0, 0.1) is 0 Å². The molecule has 4 nitrogen and oxygen atoms in total. The van der Waals surface area contributed by atoms with Crippen LogP contribution in [0.4, 0.5) is 0 Å². The van der Waals surface area contributed by atoms with Gasteiger partial charge in [0.2, 0.25) is 0 Å². The highest BCUT2D eigenvalue weighted by atomic mass is 16.5. The Hall–Kier alpha value is -1.39. The van der Waals surface area contributed by atoms with Gasteiger partial charge in [0.15, 0.2) is 0 Å². The van der Waals surface area contributed by atoms with Crippen molar-refractivity contribution >= 4 is 5.97 Å². The van der Waals surface area contributed by atoms with Crippen molar-refractivity contribution in [3.63, 3.8) is 0 Å². The number of unbranched alkanes of at least 4 members (excludes halogenated alkanes) is 8. The van der Waals surface area contributed by atoms with Crippen molar-refractivity contribution in [2.45, 2.75) is 116 Å². The maximum absolute atomic E-state index is 10.7. The van der Waals surface area contributed by atoms with Crippen LogP contribution in [0.1, 0.15) is 102 Å².